The number of nitrogens with one attached hydrogen (secondary N) is 1. The summed E-state index contributed by atoms with van der Waals surface area (Å²) in [6.07, 6.45) is 3.35. The molecule has 2 atom stereocenters. The molecule has 2 aromatic rings. The molecule has 0 bridgehead atoms. The van der Waals surface area contributed by atoms with Gasteiger partial charge in [-0.15, -0.1) is 0 Å². The van der Waals surface area contributed by atoms with Gasteiger partial charge in [0.05, 0.1) is 12.9 Å². The molecule has 102 valence electrons. The van der Waals surface area contributed by atoms with E-state index in [2.05, 4.69) is 24.4 Å². The molecular formula is C16H21NO2. The number of rotatable bonds is 7. The topological polar surface area (TPSA) is 45.4 Å². The van der Waals surface area contributed by atoms with E-state index in [1.165, 1.54) is 5.56 Å². The van der Waals surface area contributed by atoms with Crippen LogP contribution < -0.4 is 5.32 Å². The normalized spacial score (nSPS) is 14.2. The highest BCUT2D eigenvalue weighted by molar-refractivity contribution is 5.16. The first kappa shape index (κ1) is 13.8. The van der Waals surface area contributed by atoms with Crippen LogP contribution in [0.5, 0.6) is 0 Å². The second kappa shape index (κ2) is 7.12. The molecule has 2 unspecified atom stereocenters. The number of hydrogen-bond acceptors (Lipinski definition) is 3. The van der Waals surface area contributed by atoms with E-state index in [9.17, 15) is 5.11 Å². The highest BCUT2D eigenvalue weighted by atomic mass is 16.3. The fourth-order valence-electron chi connectivity index (χ4n) is 2.27. The zero-order chi connectivity index (χ0) is 13.5. The van der Waals surface area contributed by atoms with Crippen molar-refractivity contribution in [3.63, 3.8) is 0 Å². The van der Waals surface area contributed by atoms with Crippen molar-refractivity contribution in [2.24, 2.45) is 0 Å². The Morgan fingerprint density at radius 3 is 2.53 bits per heavy atom. The minimum absolute atomic E-state index is 0.0763. The molecule has 1 heterocycles. The van der Waals surface area contributed by atoms with E-state index in [1.807, 2.05) is 30.3 Å². The van der Waals surface area contributed by atoms with Crippen LogP contribution in [0.3, 0.4) is 0 Å². The van der Waals surface area contributed by atoms with Crippen molar-refractivity contribution in [2.75, 3.05) is 6.61 Å². The molecule has 19 heavy (non-hydrogen) atoms. The van der Waals surface area contributed by atoms with Gasteiger partial charge in [-0.25, -0.2) is 0 Å². The summed E-state index contributed by atoms with van der Waals surface area (Å²) in [7, 11) is 0. The van der Waals surface area contributed by atoms with Gasteiger partial charge in [0.1, 0.15) is 5.76 Å². The van der Waals surface area contributed by atoms with E-state index in [4.69, 9.17) is 4.42 Å². The lowest BCUT2D eigenvalue weighted by Crippen LogP contribution is -2.41. The second-order valence-electron chi connectivity index (χ2n) is 4.92. The number of hydrogen-bond donors (Lipinski definition) is 2. The molecule has 0 saturated heterocycles. The Morgan fingerprint density at radius 2 is 1.89 bits per heavy atom. The molecule has 0 saturated carbocycles. The Kier molecular flexibility index (Phi) is 5.19. The van der Waals surface area contributed by atoms with Crippen LogP contribution in [0.4, 0.5) is 0 Å². The van der Waals surface area contributed by atoms with Crippen molar-refractivity contribution >= 4 is 0 Å². The Balaban J connectivity index is 1.84. The number of benzene rings is 1. The summed E-state index contributed by atoms with van der Waals surface area (Å²) in [4.78, 5) is 0. The molecule has 0 spiro atoms. The maximum Gasteiger partial charge on any atom is 0.105 e. The van der Waals surface area contributed by atoms with Crippen molar-refractivity contribution in [1.29, 1.82) is 0 Å². The predicted octanol–water partition coefficient (Wildman–Crippen LogP) is 2.40. The first-order valence-electron chi connectivity index (χ1n) is 6.71. The summed E-state index contributed by atoms with van der Waals surface area (Å²) in [5.41, 5.74) is 1.24. The van der Waals surface area contributed by atoms with E-state index < -0.39 is 0 Å². The van der Waals surface area contributed by atoms with Gasteiger partial charge < -0.3 is 14.8 Å². The van der Waals surface area contributed by atoms with Gasteiger partial charge in [-0.2, -0.15) is 0 Å². The van der Waals surface area contributed by atoms with Crippen LogP contribution in [0, 0.1) is 0 Å². The second-order valence-corrected chi connectivity index (χ2v) is 4.92. The van der Waals surface area contributed by atoms with Gasteiger partial charge in [-0.1, -0.05) is 30.3 Å². The van der Waals surface area contributed by atoms with Crippen molar-refractivity contribution in [3.05, 3.63) is 60.1 Å². The monoisotopic (exact) mass is 259 g/mol. The van der Waals surface area contributed by atoms with Gasteiger partial charge in [0.15, 0.2) is 0 Å². The van der Waals surface area contributed by atoms with Crippen LogP contribution >= 0.6 is 0 Å². The lowest BCUT2D eigenvalue weighted by Gasteiger charge is -2.21. The zero-order valence-electron chi connectivity index (χ0n) is 11.3. The zero-order valence-corrected chi connectivity index (χ0v) is 11.3. The maximum atomic E-state index is 9.48. The third kappa shape index (κ3) is 4.54. The summed E-state index contributed by atoms with van der Waals surface area (Å²) in [6, 6.07) is 14.4. The molecule has 0 fully saturated rings. The number of aliphatic hydroxyl groups excluding tert-OH is 1. The van der Waals surface area contributed by atoms with Gasteiger partial charge >= 0.3 is 0 Å². The Labute approximate surface area is 114 Å². The Hall–Kier alpha value is -1.58. The molecule has 0 aliphatic carbocycles. The highest BCUT2D eigenvalue weighted by Gasteiger charge is 2.13. The van der Waals surface area contributed by atoms with Crippen molar-refractivity contribution in [2.45, 2.75) is 31.8 Å². The molecule has 1 aromatic carbocycles. The smallest absolute Gasteiger partial charge is 0.105 e. The fourth-order valence-corrected chi connectivity index (χ4v) is 2.27. The Morgan fingerprint density at radius 1 is 1.11 bits per heavy atom. The van der Waals surface area contributed by atoms with Gasteiger partial charge in [0.2, 0.25) is 0 Å². The third-order valence-electron chi connectivity index (χ3n) is 3.15. The first-order valence-corrected chi connectivity index (χ1v) is 6.71. The fraction of sp³-hybridized carbons (Fsp3) is 0.375. The predicted molar refractivity (Wildman–Crippen MR) is 76.0 cm³/mol. The van der Waals surface area contributed by atoms with E-state index in [0.29, 0.717) is 0 Å². The summed E-state index contributed by atoms with van der Waals surface area (Å²) in [5.74, 6) is 0.969. The first-order chi connectivity index (χ1) is 9.28. The lowest BCUT2D eigenvalue weighted by atomic mass is 10.0. The SMILES string of the molecule is CC(Cc1ccco1)NC(CO)Cc1ccccc1. The summed E-state index contributed by atoms with van der Waals surface area (Å²) in [6.45, 7) is 2.24. The van der Waals surface area contributed by atoms with Crippen LogP contribution in [-0.2, 0) is 12.8 Å². The van der Waals surface area contributed by atoms with Crippen molar-refractivity contribution in [3.8, 4) is 0 Å². The molecule has 0 aliphatic heterocycles. The summed E-state index contributed by atoms with van der Waals surface area (Å²) >= 11 is 0. The molecule has 2 rings (SSSR count). The minimum atomic E-state index is 0.0763. The number of aliphatic hydroxyl groups is 1. The van der Waals surface area contributed by atoms with E-state index in [0.717, 1.165) is 18.6 Å². The Bertz CT molecular complexity index is 453. The molecule has 2 N–H and O–H groups in total. The molecule has 0 radical (unpaired) electrons. The van der Waals surface area contributed by atoms with Gasteiger partial charge in [0.25, 0.3) is 0 Å². The summed E-state index contributed by atoms with van der Waals surface area (Å²) < 4.78 is 5.34. The van der Waals surface area contributed by atoms with Gasteiger partial charge in [0, 0.05) is 18.5 Å². The van der Waals surface area contributed by atoms with Gasteiger partial charge in [-0.05, 0) is 31.0 Å². The van der Waals surface area contributed by atoms with Crippen molar-refractivity contribution in [1.82, 2.24) is 5.32 Å². The molecule has 0 amide bonds. The largest absolute Gasteiger partial charge is 0.469 e. The standard InChI is InChI=1S/C16H21NO2/c1-13(10-16-8-5-9-19-16)17-15(12-18)11-14-6-3-2-4-7-14/h2-9,13,15,17-18H,10-12H2,1H3. The van der Waals surface area contributed by atoms with E-state index in [-0.39, 0.29) is 18.7 Å². The van der Waals surface area contributed by atoms with E-state index >= 15 is 0 Å². The number of furan rings is 1. The molecule has 3 nitrogen and oxygen atoms in total. The molecule has 1 aromatic heterocycles. The molecular weight excluding hydrogens is 238 g/mol. The average molecular weight is 259 g/mol. The minimum Gasteiger partial charge on any atom is -0.469 e. The van der Waals surface area contributed by atoms with Crippen LogP contribution in [0.15, 0.2) is 53.1 Å². The lowest BCUT2D eigenvalue weighted by molar-refractivity contribution is 0.230. The molecule has 3 heteroatoms. The van der Waals surface area contributed by atoms with Crippen LogP contribution in [0.2, 0.25) is 0 Å². The van der Waals surface area contributed by atoms with Gasteiger partial charge in [-0.3, -0.25) is 0 Å². The van der Waals surface area contributed by atoms with Crippen molar-refractivity contribution < 1.29 is 9.52 Å². The highest BCUT2D eigenvalue weighted by Crippen LogP contribution is 2.07. The summed E-state index contributed by atoms with van der Waals surface area (Å²) in [5, 5.41) is 12.9. The molecule has 0 aliphatic rings. The quantitative estimate of drug-likeness (QED) is 0.802. The van der Waals surface area contributed by atoms with Crippen LogP contribution in [-0.4, -0.2) is 23.8 Å². The van der Waals surface area contributed by atoms with E-state index in [1.54, 1.807) is 6.26 Å². The third-order valence-corrected chi connectivity index (χ3v) is 3.15. The van der Waals surface area contributed by atoms with Crippen LogP contribution in [0.25, 0.3) is 0 Å². The maximum absolute atomic E-state index is 9.48. The average Bonchev–Trinajstić information content (AvgIpc) is 2.92. The van der Waals surface area contributed by atoms with Crippen LogP contribution in [0.1, 0.15) is 18.2 Å².